The molecule has 1 aromatic carbocycles. The van der Waals surface area contributed by atoms with Crippen molar-refractivity contribution in [2.45, 2.75) is 18.8 Å². The monoisotopic (exact) mass is 276 g/mol. The molecule has 2 N–H and O–H groups in total. The molecular formula is C16H24N2O2. The summed E-state index contributed by atoms with van der Waals surface area (Å²) in [4.78, 5) is 14.4. The fraction of sp³-hybridized carbons (Fsp3) is 0.562. The quantitative estimate of drug-likeness (QED) is 0.889. The first-order valence-corrected chi connectivity index (χ1v) is 7.30. The first kappa shape index (κ1) is 15.0. The van der Waals surface area contributed by atoms with Crippen LogP contribution in [0, 0.1) is 5.92 Å². The number of nitrogens with zero attached hydrogens (tertiary/aromatic N) is 1. The van der Waals surface area contributed by atoms with Gasteiger partial charge in [0.1, 0.15) is 0 Å². The summed E-state index contributed by atoms with van der Waals surface area (Å²) < 4.78 is 5.36. The lowest BCUT2D eigenvalue weighted by atomic mass is 9.96. The number of hydrogen-bond acceptors (Lipinski definition) is 3. The largest absolute Gasteiger partial charge is 0.381 e. The van der Waals surface area contributed by atoms with E-state index in [4.69, 9.17) is 10.5 Å². The molecule has 4 heteroatoms. The van der Waals surface area contributed by atoms with Crippen molar-refractivity contribution >= 4 is 5.91 Å². The van der Waals surface area contributed by atoms with Crippen LogP contribution in [0.2, 0.25) is 0 Å². The summed E-state index contributed by atoms with van der Waals surface area (Å²) in [6.07, 6.45) is 2.08. The second-order valence-electron chi connectivity index (χ2n) is 5.47. The Hall–Kier alpha value is -1.39. The van der Waals surface area contributed by atoms with Crippen LogP contribution in [0.15, 0.2) is 30.3 Å². The van der Waals surface area contributed by atoms with Crippen LogP contribution in [0.1, 0.15) is 24.3 Å². The molecule has 0 saturated carbocycles. The van der Waals surface area contributed by atoms with Crippen molar-refractivity contribution < 1.29 is 9.53 Å². The summed E-state index contributed by atoms with van der Waals surface area (Å²) in [5, 5.41) is 0. The van der Waals surface area contributed by atoms with E-state index in [1.807, 2.05) is 42.3 Å². The highest BCUT2D eigenvalue weighted by atomic mass is 16.5. The highest BCUT2D eigenvalue weighted by Gasteiger charge is 2.25. The van der Waals surface area contributed by atoms with Crippen molar-refractivity contribution in [3.63, 3.8) is 0 Å². The summed E-state index contributed by atoms with van der Waals surface area (Å²) in [6, 6.07) is 9.79. The van der Waals surface area contributed by atoms with Gasteiger partial charge in [-0.1, -0.05) is 30.3 Å². The van der Waals surface area contributed by atoms with Gasteiger partial charge in [0, 0.05) is 33.4 Å². The number of nitrogens with two attached hydrogens (primary N) is 1. The van der Waals surface area contributed by atoms with E-state index >= 15 is 0 Å². The average Bonchev–Trinajstić information content (AvgIpc) is 2.50. The molecule has 0 radical (unpaired) electrons. The summed E-state index contributed by atoms with van der Waals surface area (Å²) in [5.74, 6) is 0.429. The van der Waals surface area contributed by atoms with Gasteiger partial charge in [0.25, 0.3) is 0 Å². The number of hydrogen-bond donors (Lipinski definition) is 1. The molecule has 1 unspecified atom stereocenters. The molecule has 1 fully saturated rings. The summed E-state index contributed by atoms with van der Waals surface area (Å²) in [5.41, 5.74) is 6.81. The van der Waals surface area contributed by atoms with Crippen LogP contribution >= 0.6 is 0 Å². The first-order valence-electron chi connectivity index (χ1n) is 7.30. The van der Waals surface area contributed by atoms with E-state index in [2.05, 4.69) is 0 Å². The van der Waals surface area contributed by atoms with Gasteiger partial charge in [-0.05, 0) is 24.3 Å². The molecule has 0 aromatic heterocycles. The molecule has 20 heavy (non-hydrogen) atoms. The fourth-order valence-electron chi connectivity index (χ4n) is 2.74. The molecule has 4 nitrogen and oxygen atoms in total. The van der Waals surface area contributed by atoms with Crippen molar-refractivity contribution in [2.75, 3.05) is 33.4 Å². The Labute approximate surface area is 120 Å². The maximum atomic E-state index is 12.6. The lowest BCUT2D eigenvalue weighted by Gasteiger charge is -2.29. The third kappa shape index (κ3) is 3.81. The maximum absolute atomic E-state index is 12.6. The molecule has 1 heterocycles. The van der Waals surface area contributed by atoms with E-state index in [-0.39, 0.29) is 11.8 Å². The number of likely N-dealkylation sites (N-methyl/N-ethyl adjacent to an activating group) is 1. The zero-order chi connectivity index (χ0) is 14.4. The SMILES string of the molecule is CN(CC1CCOCC1)C(=O)C(CN)c1ccccc1. The van der Waals surface area contributed by atoms with Crippen LogP contribution in [0.25, 0.3) is 0 Å². The van der Waals surface area contributed by atoms with Crippen LogP contribution in [-0.2, 0) is 9.53 Å². The van der Waals surface area contributed by atoms with Gasteiger partial charge in [-0.25, -0.2) is 0 Å². The summed E-state index contributed by atoms with van der Waals surface area (Å²) >= 11 is 0. The van der Waals surface area contributed by atoms with Gasteiger partial charge in [-0.15, -0.1) is 0 Å². The topological polar surface area (TPSA) is 55.6 Å². The van der Waals surface area contributed by atoms with Crippen LogP contribution in [0.3, 0.4) is 0 Å². The molecule has 0 spiro atoms. The zero-order valence-corrected chi connectivity index (χ0v) is 12.1. The number of carbonyl (C=O) groups excluding carboxylic acids is 1. The van der Waals surface area contributed by atoms with Gasteiger partial charge < -0.3 is 15.4 Å². The molecule has 0 aliphatic carbocycles. The fourth-order valence-corrected chi connectivity index (χ4v) is 2.74. The van der Waals surface area contributed by atoms with Gasteiger partial charge >= 0.3 is 0 Å². The summed E-state index contributed by atoms with van der Waals surface area (Å²) in [6.45, 7) is 2.77. The van der Waals surface area contributed by atoms with Gasteiger partial charge in [-0.2, -0.15) is 0 Å². The molecule has 0 bridgehead atoms. The molecule has 1 saturated heterocycles. The van der Waals surface area contributed by atoms with Crippen molar-refractivity contribution in [2.24, 2.45) is 11.7 Å². The molecule has 1 atom stereocenters. The summed E-state index contributed by atoms with van der Waals surface area (Å²) in [7, 11) is 1.88. The van der Waals surface area contributed by atoms with Crippen LogP contribution < -0.4 is 5.73 Å². The predicted molar refractivity (Wildman–Crippen MR) is 79.4 cm³/mol. The highest BCUT2D eigenvalue weighted by Crippen LogP contribution is 2.20. The second kappa shape index (κ2) is 7.41. The maximum Gasteiger partial charge on any atom is 0.231 e. The molecule has 1 aromatic rings. The number of amides is 1. The highest BCUT2D eigenvalue weighted by molar-refractivity contribution is 5.83. The molecule has 1 amide bonds. The number of ether oxygens (including phenoxy) is 1. The Balaban J connectivity index is 1.97. The van der Waals surface area contributed by atoms with Gasteiger partial charge in [0.2, 0.25) is 5.91 Å². The Bertz CT molecular complexity index is 416. The molecule has 1 aliphatic heterocycles. The Kier molecular flexibility index (Phi) is 5.56. The third-order valence-electron chi connectivity index (χ3n) is 3.98. The van der Waals surface area contributed by atoms with Gasteiger partial charge in [-0.3, -0.25) is 4.79 Å². The average molecular weight is 276 g/mol. The molecule has 2 rings (SSSR count). The van der Waals surface area contributed by atoms with Gasteiger partial charge in [0.05, 0.1) is 5.92 Å². The van der Waals surface area contributed by atoms with Gasteiger partial charge in [0.15, 0.2) is 0 Å². The van der Waals surface area contributed by atoms with E-state index in [1.165, 1.54) is 0 Å². The minimum atomic E-state index is -0.235. The van der Waals surface area contributed by atoms with E-state index in [0.29, 0.717) is 12.5 Å². The van der Waals surface area contributed by atoms with E-state index in [9.17, 15) is 4.79 Å². The molecule has 110 valence electrons. The van der Waals surface area contributed by atoms with Crippen molar-refractivity contribution in [1.29, 1.82) is 0 Å². The normalized spacial score (nSPS) is 17.7. The first-order chi connectivity index (χ1) is 9.72. The van der Waals surface area contributed by atoms with E-state index < -0.39 is 0 Å². The lowest BCUT2D eigenvalue weighted by molar-refractivity contribution is -0.132. The number of benzene rings is 1. The van der Waals surface area contributed by atoms with Crippen molar-refractivity contribution in [3.8, 4) is 0 Å². The van der Waals surface area contributed by atoms with E-state index in [1.54, 1.807) is 0 Å². The Morgan fingerprint density at radius 2 is 2.00 bits per heavy atom. The second-order valence-corrected chi connectivity index (χ2v) is 5.47. The molecule has 1 aliphatic rings. The third-order valence-corrected chi connectivity index (χ3v) is 3.98. The van der Waals surface area contributed by atoms with Crippen LogP contribution in [-0.4, -0.2) is 44.2 Å². The van der Waals surface area contributed by atoms with Crippen molar-refractivity contribution in [3.05, 3.63) is 35.9 Å². The lowest BCUT2D eigenvalue weighted by Crippen LogP contribution is -2.39. The standard InChI is InChI=1S/C16H24N2O2/c1-18(12-13-7-9-20-10-8-13)16(19)15(11-17)14-5-3-2-4-6-14/h2-6,13,15H,7-12,17H2,1H3. The van der Waals surface area contributed by atoms with Crippen molar-refractivity contribution in [1.82, 2.24) is 4.90 Å². The smallest absolute Gasteiger partial charge is 0.231 e. The Morgan fingerprint density at radius 1 is 1.35 bits per heavy atom. The van der Waals surface area contributed by atoms with Crippen LogP contribution in [0.5, 0.6) is 0 Å². The predicted octanol–water partition coefficient (Wildman–Crippen LogP) is 1.61. The minimum Gasteiger partial charge on any atom is -0.381 e. The number of carbonyl (C=O) groups is 1. The minimum absolute atomic E-state index is 0.116. The van der Waals surface area contributed by atoms with E-state index in [0.717, 1.165) is 38.2 Å². The molecular weight excluding hydrogens is 252 g/mol. The zero-order valence-electron chi connectivity index (χ0n) is 12.1. The number of rotatable bonds is 5. The Morgan fingerprint density at radius 3 is 2.60 bits per heavy atom. The van der Waals surface area contributed by atoms with Crippen LogP contribution in [0.4, 0.5) is 0 Å².